The standard InChI is InChI=1S/C23H17F3IN3O2S/c1-13-5-6-15(11-19(13)27)21(32)30-22(33)29-17-9-7-14(8-10-17)20(31)28-18-4-2-3-16(12-18)23(24,25)26/h2-12H,1H3,(H,28,31)(H2,29,30,32,33). The third-order valence-electron chi connectivity index (χ3n) is 4.51. The lowest BCUT2D eigenvalue weighted by Crippen LogP contribution is -2.34. The highest BCUT2D eigenvalue weighted by molar-refractivity contribution is 14.1. The number of halogens is 4. The molecule has 33 heavy (non-hydrogen) atoms. The van der Waals surface area contributed by atoms with E-state index in [1.807, 2.05) is 13.0 Å². The summed E-state index contributed by atoms with van der Waals surface area (Å²) in [5, 5.41) is 7.96. The normalized spacial score (nSPS) is 10.9. The molecule has 0 heterocycles. The molecule has 0 saturated heterocycles. The molecule has 0 aliphatic heterocycles. The number of benzene rings is 3. The van der Waals surface area contributed by atoms with Crippen LogP contribution in [0.4, 0.5) is 24.5 Å². The SMILES string of the molecule is Cc1ccc(C(=O)NC(=S)Nc2ccc(C(=O)Nc3cccc(C(F)(F)F)c3)cc2)cc1I. The molecule has 0 spiro atoms. The number of alkyl halides is 3. The van der Waals surface area contributed by atoms with Gasteiger partial charge in [0.1, 0.15) is 0 Å². The zero-order chi connectivity index (χ0) is 24.2. The Labute approximate surface area is 206 Å². The average molecular weight is 583 g/mol. The highest BCUT2D eigenvalue weighted by atomic mass is 127. The second-order valence-corrected chi connectivity index (χ2v) is 8.55. The summed E-state index contributed by atoms with van der Waals surface area (Å²) < 4.78 is 39.4. The summed E-state index contributed by atoms with van der Waals surface area (Å²) in [7, 11) is 0. The summed E-state index contributed by atoms with van der Waals surface area (Å²) in [6, 6.07) is 15.8. The van der Waals surface area contributed by atoms with Crippen molar-refractivity contribution in [2.24, 2.45) is 0 Å². The molecule has 0 bridgehead atoms. The molecule has 170 valence electrons. The van der Waals surface area contributed by atoms with Crippen LogP contribution in [0.1, 0.15) is 31.8 Å². The van der Waals surface area contributed by atoms with Crippen LogP contribution in [0, 0.1) is 10.5 Å². The quantitative estimate of drug-likeness (QED) is 0.261. The Morgan fingerprint density at radius 1 is 0.848 bits per heavy atom. The molecule has 3 N–H and O–H groups in total. The highest BCUT2D eigenvalue weighted by Crippen LogP contribution is 2.30. The van der Waals surface area contributed by atoms with Crippen molar-refractivity contribution in [3.8, 4) is 0 Å². The van der Waals surface area contributed by atoms with Gasteiger partial charge in [0.2, 0.25) is 0 Å². The summed E-state index contributed by atoms with van der Waals surface area (Å²) in [4.78, 5) is 24.7. The molecule has 3 aromatic rings. The summed E-state index contributed by atoms with van der Waals surface area (Å²) >= 11 is 7.31. The predicted molar refractivity (Wildman–Crippen MR) is 133 cm³/mol. The van der Waals surface area contributed by atoms with Crippen LogP contribution in [-0.2, 0) is 6.18 Å². The molecule has 2 amide bonds. The Morgan fingerprint density at radius 2 is 1.52 bits per heavy atom. The van der Waals surface area contributed by atoms with E-state index >= 15 is 0 Å². The maximum atomic E-state index is 12.8. The fourth-order valence-corrected chi connectivity index (χ4v) is 3.48. The smallest absolute Gasteiger partial charge is 0.332 e. The van der Waals surface area contributed by atoms with E-state index in [1.54, 1.807) is 24.3 Å². The number of hydrogen-bond acceptors (Lipinski definition) is 3. The maximum Gasteiger partial charge on any atom is 0.416 e. The second kappa shape index (κ2) is 10.3. The fraction of sp³-hybridized carbons (Fsp3) is 0.0870. The van der Waals surface area contributed by atoms with Gasteiger partial charge in [-0.3, -0.25) is 14.9 Å². The predicted octanol–water partition coefficient (Wildman–Crippen LogP) is 6.00. The first-order chi connectivity index (χ1) is 15.5. The minimum Gasteiger partial charge on any atom is -0.332 e. The van der Waals surface area contributed by atoms with E-state index in [1.165, 1.54) is 24.3 Å². The van der Waals surface area contributed by atoms with Crippen molar-refractivity contribution >= 4 is 63.1 Å². The van der Waals surface area contributed by atoms with Crippen LogP contribution in [0.25, 0.3) is 0 Å². The Morgan fingerprint density at radius 3 is 2.15 bits per heavy atom. The van der Waals surface area contributed by atoms with E-state index in [9.17, 15) is 22.8 Å². The molecule has 0 atom stereocenters. The van der Waals surface area contributed by atoms with Crippen LogP contribution in [0.2, 0.25) is 0 Å². The van der Waals surface area contributed by atoms with E-state index in [4.69, 9.17) is 12.2 Å². The number of nitrogens with one attached hydrogen (secondary N) is 3. The number of hydrogen-bond donors (Lipinski definition) is 3. The van der Waals surface area contributed by atoms with Crippen molar-refractivity contribution in [1.29, 1.82) is 0 Å². The van der Waals surface area contributed by atoms with Crippen molar-refractivity contribution in [1.82, 2.24) is 5.32 Å². The Hall–Kier alpha value is -2.99. The van der Waals surface area contributed by atoms with Gasteiger partial charge in [-0.1, -0.05) is 12.1 Å². The topological polar surface area (TPSA) is 70.2 Å². The minimum atomic E-state index is -4.50. The van der Waals surface area contributed by atoms with Gasteiger partial charge in [0.05, 0.1) is 5.56 Å². The lowest BCUT2D eigenvalue weighted by atomic mass is 10.1. The van der Waals surface area contributed by atoms with Crippen molar-refractivity contribution in [3.63, 3.8) is 0 Å². The fourth-order valence-electron chi connectivity index (χ4n) is 2.75. The zero-order valence-electron chi connectivity index (χ0n) is 17.1. The molecule has 0 aromatic heterocycles. The molecule has 3 rings (SSSR count). The number of anilines is 2. The third-order valence-corrected chi connectivity index (χ3v) is 5.88. The van der Waals surface area contributed by atoms with Gasteiger partial charge in [-0.2, -0.15) is 13.2 Å². The number of carbonyl (C=O) groups excluding carboxylic acids is 2. The molecule has 10 heteroatoms. The Balaban J connectivity index is 1.59. The van der Waals surface area contributed by atoms with Gasteiger partial charge in [0.15, 0.2) is 5.11 Å². The van der Waals surface area contributed by atoms with E-state index in [0.717, 1.165) is 21.3 Å². The van der Waals surface area contributed by atoms with Gasteiger partial charge < -0.3 is 10.6 Å². The molecule has 0 fully saturated rings. The lowest BCUT2D eigenvalue weighted by molar-refractivity contribution is -0.137. The Bertz CT molecular complexity index is 1210. The Kier molecular flexibility index (Phi) is 7.69. The van der Waals surface area contributed by atoms with Crippen LogP contribution in [-0.4, -0.2) is 16.9 Å². The van der Waals surface area contributed by atoms with Crippen molar-refractivity contribution in [3.05, 3.63) is 92.6 Å². The zero-order valence-corrected chi connectivity index (χ0v) is 20.1. The molecular weight excluding hydrogens is 566 g/mol. The van der Waals surface area contributed by atoms with E-state index in [-0.39, 0.29) is 22.3 Å². The maximum absolute atomic E-state index is 12.8. The monoisotopic (exact) mass is 583 g/mol. The third kappa shape index (κ3) is 6.75. The van der Waals surface area contributed by atoms with Gasteiger partial charge in [-0.25, -0.2) is 0 Å². The number of carbonyl (C=O) groups is 2. The van der Waals surface area contributed by atoms with Gasteiger partial charge in [0, 0.05) is 26.1 Å². The highest BCUT2D eigenvalue weighted by Gasteiger charge is 2.30. The summed E-state index contributed by atoms with van der Waals surface area (Å²) in [5.41, 5.74) is 1.47. The van der Waals surface area contributed by atoms with Gasteiger partial charge >= 0.3 is 6.18 Å². The number of amides is 2. The van der Waals surface area contributed by atoms with Gasteiger partial charge in [-0.15, -0.1) is 0 Å². The first kappa shape index (κ1) is 24.6. The number of thiocarbonyl (C=S) groups is 1. The molecule has 0 unspecified atom stereocenters. The van der Waals surface area contributed by atoms with Crippen LogP contribution in [0.5, 0.6) is 0 Å². The van der Waals surface area contributed by atoms with Crippen molar-refractivity contribution in [2.45, 2.75) is 13.1 Å². The van der Waals surface area contributed by atoms with Crippen LogP contribution in [0.15, 0.2) is 66.7 Å². The molecule has 5 nitrogen and oxygen atoms in total. The molecule has 0 radical (unpaired) electrons. The summed E-state index contributed by atoms with van der Waals surface area (Å²) in [6.45, 7) is 1.94. The molecular formula is C23H17F3IN3O2S. The summed E-state index contributed by atoms with van der Waals surface area (Å²) in [6.07, 6.45) is -4.50. The van der Waals surface area contributed by atoms with Crippen molar-refractivity contribution in [2.75, 3.05) is 10.6 Å². The van der Waals surface area contributed by atoms with Crippen molar-refractivity contribution < 1.29 is 22.8 Å². The van der Waals surface area contributed by atoms with E-state index < -0.39 is 17.6 Å². The average Bonchev–Trinajstić information content (AvgIpc) is 2.75. The molecule has 0 aliphatic carbocycles. The molecule has 0 saturated carbocycles. The van der Waals surface area contributed by atoms with Crippen LogP contribution in [0.3, 0.4) is 0 Å². The van der Waals surface area contributed by atoms with E-state index in [2.05, 4.69) is 38.5 Å². The van der Waals surface area contributed by atoms with Crippen LogP contribution >= 0.6 is 34.8 Å². The largest absolute Gasteiger partial charge is 0.416 e. The first-order valence-electron chi connectivity index (χ1n) is 9.50. The van der Waals surface area contributed by atoms with Crippen LogP contribution < -0.4 is 16.0 Å². The number of aryl methyl sites for hydroxylation is 1. The van der Waals surface area contributed by atoms with E-state index in [0.29, 0.717) is 11.3 Å². The first-order valence-corrected chi connectivity index (χ1v) is 11.0. The molecule has 3 aromatic carbocycles. The number of rotatable bonds is 4. The second-order valence-electron chi connectivity index (χ2n) is 6.98. The van der Waals surface area contributed by atoms with Gasteiger partial charge in [0.25, 0.3) is 11.8 Å². The molecule has 0 aliphatic rings. The minimum absolute atomic E-state index is 0.0340. The lowest BCUT2D eigenvalue weighted by Gasteiger charge is -2.12. The summed E-state index contributed by atoms with van der Waals surface area (Å²) in [5.74, 6) is -0.923. The van der Waals surface area contributed by atoms with Gasteiger partial charge in [-0.05, 0) is 102 Å².